The molecule has 2 fully saturated rings. The fourth-order valence-corrected chi connectivity index (χ4v) is 4.39. The van der Waals surface area contributed by atoms with E-state index < -0.39 is 0 Å². The van der Waals surface area contributed by atoms with Crippen molar-refractivity contribution >= 4 is 23.3 Å². The molecule has 0 aromatic heterocycles. The second kappa shape index (κ2) is 5.12. The predicted molar refractivity (Wildman–Crippen MR) is 77.1 cm³/mol. The van der Waals surface area contributed by atoms with Gasteiger partial charge < -0.3 is 0 Å². The molecule has 0 heterocycles. The number of carbonyl (C=O) groups excluding carboxylic acids is 2. The minimum atomic E-state index is 0.146. The Morgan fingerprint density at radius 3 is 2.26 bits per heavy atom. The van der Waals surface area contributed by atoms with E-state index in [1.165, 1.54) is 5.56 Å². The van der Waals surface area contributed by atoms with Crippen LogP contribution in [0.25, 0.3) is 0 Å². The Morgan fingerprint density at radius 1 is 1.05 bits per heavy atom. The highest BCUT2D eigenvalue weighted by Gasteiger charge is 2.51. The summed E-state index contributed by atoms with van der Waals surface area (Å²) in [5.74, 6) is 1.57. The molecule has 0 spiro atoms. The highest BCUT2D eigenvalue weighted by atomic mass is 32.2. The molecule has 0 atom stereocenters. The molecule has 2 aliphatic rings. The van der Waals surface area contributed by atoms with Crippen molar-refractivity contribution in [2.75, 3.05) is 0 Å². The Morgan fingerprint density at radius 2 is 1.68 bits per heavy atom. The van der Waals surface area contributed by atoms with Gasteiger partial charge in [-0.25, -0.2) is 0 Å². The Hall–Kier alpha value is -1.09. The fourth-order valence-electron chi connectivity index (χ4n) is 2.95. The molecule has 2 saturated carbocycles. The zero-order valence-corrected chi connectivity index (χ0v) is 11.7. The van der Waals surface area contributed by atoms with Gasteiger partial charge in [0, 0.05) is 23.3 Å². The lowest BCUT2D eigenvalue weighted by molar-refractivity contribution is -0.131. The van der Waals surface area contributed by atoms with Crippen molar-refractivity contribution in [2.45, 2.75) is 42.6 Å². The average Bonchev–Trinajstić information content (AvgIpc) is 3.18. The number of Topliss-reactive ketones (excluding diaryl/α,β-unsaturated/α-hetero) is 2. The second-order valence-electron chi connectivity index (χ2n) is 5.70. The SMILES string of the molecule is O=C1CC(=O)CC(C2(SCc3ccccc3)CC2)C1. The maximum Gasteiger partial charge on any atom is 0.140 e. The van der Waals surface area contributed by atoms with E-state index >= 15 is 0 Å². The lowest BCUT2D eigenvalue weighted by Crippen LogP contribution is -2.31. The first-order valence-corrected chi connectivity index (χ1v) is 7.88. The van der Waals surface area contributed by atoms with E-state index in [1.54, 1.807) is 0 Å². The summed E-state index contributed by atoms with van der Waals surface area (Å²) in [6.45, 7) is 0. The summed E-state index contributed by atoms with van der Waals surface area (Å²) >= 11 is 1.95. The third kappa shape index (κ3) is 2.92. The molecule has 0 unspecified atom stereocenters. The number of rotatable bonds is 4. The van der Waals surface area contributed by atoms with Crippen LogP contribution in [0, 0.1) is 5.92 Å². The van der Waals surface area contributed by atoms with E-state index in [0.717, 1.165) is 18.6 Å². The van der Waals surface area contributed by atoms with E-state index in [2.05, 4.69) is 24.3 Å². The molecular formula is C16H18O2S. The molecule has 0 amide bonds. The normalized spacial score (nSPS) is 22.5. The van der Waals surface area contributed by atoms with Crippen LogP contribution >= 0.6 is 11.8 Å². The van der Waals surface area contributed by atoms with Crippen LogP contribution in [0.15, 0.2) is 30.3 Å². The van der Waals surface area contributed by atoms with Gasteiger partial charge in [0.1, 0.15) is 11.6 Å². The Balaban J connectivity index is 1.63. The first-order chi connectivity index (χ1) is 9.18. The number of hydrogen-bond acceptors (Lipinski definition) is 3. The topological polar surface area (TPSA) is 34.1 Å². The smallest absolute Gasteiger partial charge is 0.140 e. The largest absolute Gasteiger partial charge is 0.299 e. The highest BCUT2D eigenvalue weighted by molar-refractivity contribution is 8.00. The minimum absolute atomic E-state index is 0.146. The molecule has 3 rings (SSSR count). The van der Waals surface area contributed by atoms with E-state index in [1.807, 2.05) is 17.8 Å². The lowest BCUT2D eigenvalue weighted by atomic mass is 9.84. The molecule has 3 heteroatoms. The van der Waals surface area contributed by atoms with Gasteiger partial charge in [0.2, 0.25) is 0 Å². The van der Waals surface area contributed by atoms with E-state index in [0.29, 0.717) is 12.8 Å². The monoisotopic (exact) mass is 274 g/mol. The summed E-state index contributed by atoms with van der Waals surface area (Å²) in [7, 11) is 0. The van der Waals surface area contributed by atoms with E-state index in [-0.39, 0.29) is 28.7 Å². The van der Waals surface area contributed by atoms with Crippen LogP contribution in [0.1, 0.15) is 37.7 Å². The summed E-state index contributed by atoms with van der Waals surface area (Å²) in [6, 6.07) is 10.4. The molecule has 19 heavy (non-hydrogen) atoms. The van der Waals surface area contributed by atoms with Crippen LogP contribution in [0.3, 0.4) is 0 Å². The maximum atomic E-state index is 11.6. The quantitative estimate of drug-likeness (QED) is 0.789. The second-order valence-corrected chi connectivity index (χ2v) is 7.09. The summed E-state index contributed by atoms with van der Waals surface area (Å²) in [5.41, 5.74) is 1.33. The Kier molecular flexibility index (Phi) is 3.48. The average molecular weight is 274 g/mol. The van der Waals surface area contributed by atoms with Gasteiger partial charge in [-0.05, 0) is 24.3 Å². The standard InChI is InChI=1S/C16H18O2S/c17-14-8-13(9-15(18)10-14)16(6-7-16)19-11-12-4-2-1-3-5-12/h1-5,13H,6-11H2. The van der Waals surface area contributed by atoms with Crippen molar-refractivity contribution < 1.29 is 9.59 Å². The highest BCUT2D eigenvalue weighted by Crippen LogP contribution is 2.57. The third-order valence-electron chi connectivity index (χ3n) is 4.20. The lowest BCUT2D eigenvalue weighted by Gasteiger charge is -2.28. The van der Waals surface area contributed by atoms with E-state index in [9.17, 15) is 9.59 Å². The third-order valence-corrected chi connectivity index (χ3v) is 5.99. The maximum absolute atomic E-state index is 11.6. The van der Waals surface area contributed by atoms with Gasteiger partial charge in [0.25, 0.3) is 0 Å². The summed E-state index contributed by atoms with van der Waals surface area (Å²) in [5, 5.41) is 0. The minimum Gasteiger partial charge on any atom is -0.299 e. The summed E-state index contributed by atoms with van der Waals surface area (Å²) < 4.78 is 0.210. The van der Waals surface area contributed by atoms with Crippen LogP contribution in [-0.2, 0) is 15.3 Å². The molecular weight excluding hydrogens is 256 g/mol. The van der Waals surface area contributed by atoms with E-state index in [4.69, 9.17) is 0 Å². The molecule has 2 nitrogen and oxygen atoms in total. The van der Waals surface area contributed by atoms with Gasteiger partial charge in [-0.15, -0.1) is 0 Å². The molecule has 0 saturated heterocycles. The summed E-state index contributed by atoms with van der Waals surface area (Å²) in [6.07, 6.45) is 3.74. The van der Waals surface area contributed by atoms with Gasteiger partial charge in [0.05, 0.1) is 6.42 Å². The van der Waals surface area contributed by atoms with Gasteiger partial charge in [0.15, 0.2) is 0 Å². The first kappa shape index (κ1) is 12.9. The van der Waals surface area contributed by atoms with Gasteiger partial charge in [-0.1, -0.05) is 30.3 Å². The van der Waals surface area contributed by atoms with Crippen LogP contribution in [-0.4, -0.2) is 16.3 Å². The van der Waals surface area contributed by atoms with Crippen LogP contribution < -0.4 is 0 Å². The van der Waals surface area contributed by atoms with Gasteiger partial charge in [-0.3, -0.25) is 9.59 Å². The number of ketones is 2. The summed E-state index contributed by atoms with van der Waals surface area (Å²) in [4.78, 5) is 23.2. The Labute approximate surface area is 118 Å². The van der Waals surface area contributed by atoms with Gasteiger partial charge in [-0.2, -0.15) is 11.8 Å². The zero-order chi connectivity index (χ0) is 13.3. The number of hydrogen-bond donors (Lipinski definition) is 0. The molecule has 0 N–H and O–H groups in total. The van der Waals surface area contributed by atoms with Crippen molar-refractivity contribution in [1.29, 1.82) is 0 Å². The zero-order valence-electron chi connectivity index (χ0n) is 10.9. The predicted octanol–water partition coefficient (Wildman–Crippen LogP) is 3.39. The van der Waals surface area contributed by atoms with Crippen LogP contribution in [0.2, 0.25) is 0 Å². The number of carbonyl (C=O) groups is 2. The van der Waals surface area contributed by atoms with Crippen molar-refractivity contribution in [3.63, 3.8) is 0 Å². The molecule has 0 bridgehead atoms. The fraction of sp³-hybridized carbons (Fsp3) is 0.500. The number of thioether (sulfide) groups is 1. The van der Waals surface area contributed by atoms with Crippen molar-refractivity contribution in [2.24, 2.45) is 5.92 Å². The van der Waals surface area contributed by atoms with Gasteiger partial charge >= 0.3 is 0 Å². The van der Waals surface area contributed by atoms with Crippen molar-refractivity contribution in [3.8, 4) is 0 Å². The first-order valence-electron chi connectivity index (χ1n) is 6.89. The van der Waals surface area contributed by atoms with Crippen molar-refractivity contribution in [3.05, 3.63) is 35.9 Å². The molecule has 2 aliphatic carbocycles. The van der Waals surface area contributed by atoms with Crippen LogP contribution in [0.5, 0.6) is 0 Å². The molecule has 1 aromatic rings. The molecule has 0 aliphatic heterocycles. The molecule has 0 radical (unpaired) electrons. The Bertz CT molecular complexity index is 475. The van der Waals surface area contributed by atoms with Crippen LogP contribution in [0.4, 0.5) is 0 Å². The molecule has 100 valence electrons. The molecule has 1 aromatic carbocycles. The van der Waals surface area contributed by atoms with Crippen molar-refractivity contribution in [1.82, 2.24) is 0 Å². The number of benzene rings is 1.